The molecule has 2 amide bonds. The van der Waals surface area contributed by atoms with Crippen LogP contribution in [0.15, 0.2) is 42.6 Å². The molecule has 7 nitrogen and oxygen atoms in total. The van der Waals surface area contributed by atoms with Gasteiger partial charge in [-0.25, -0.2) is 13.2 Å². The summed E-state index contributed by atoms with van der Waals surface area (Å²) in [5.74, 6) is -3.93. The third-order valence-electron chi connectivity index (χ3n) is 7.27. The van der Waals surface area contributed by atoms with Gasteiger partial charge in [-0.15, -0.1) is 0 Å². The Bertz CT molecular complexity index is 1090. The number of aromatic nitrogens is 1. The molecule has 2 aromatic rings. The van der Waals surface area contributed by atoms with Crippen molar-refractivity contribution in [3.8, 4) is 0 Å². The number of anilines is 2. The van der Waals surface area contributed by atoms with Crippen molar-refractivity contribution in [2.24, 2.45) is 5.92 Å². The Labute approximate surface area is 215 Å². The van der Waals surface area contributed by atoms with Gasteiger partial charge in [-0.05, 0) is 43.2 Å². The minimum absolute atomic E-state index is 0.0144. The van der Waals surface area contributed by atoms with E-state index in [2.05, 4.69) is 10.3 Å². The molecule has 0 bridgehead atoms. The van der Waals surface area contributed by atoms with E-state index in [1.54, 1.807) is 36.5 Å². The van der Waals surface area contributed by atoms with Gasteiger partial charge < -0.3 is 15.1 Å². The highest BCUT2D eigenvalue weighted by Crippen LogP contribution is 2.32. The molecule has 10 heteroatoms. The van der Waals surface area contributed by atoms with Gasteiger partial charge in [-0.1, -0.05) is 19.9 Å². The summed E-state index contributed by atoms with van der Waals surface area (Å²) in [6.07, 6.45) is 2.68. The predicted octanol–water partition coefficient (Wildman–Crippen LogP) is 4.33. The van der Waals surface area contributed by atoms with Crippen LogP contribution in [-0.4, -0.2) is 71.8 Å². The monoisotopic (exact) mass is 517 g/mol. The van der Waals surface area contributed by atoms with Crippen molar-refractivity contribution in [3.05, 3.63) is 54.1 Å². The van der Waals surface area contributed by atoms with Gasteiger partial charge in [0.05, 0.1) is 17.9 Å². The molecule has 1 atom stereocenters. The quantitative estimate of drug-likeness (QED) is 0.565. The van der Waals surface area contributed by atoms with Gasteiger partial charge in [0.15, 0.2) is 0 Å². The summed E-state index contributed by atoms with van der Waals surface area (Å²) in [4.78, 5) is 35.1. The zero-order chi connectivity index (χ0) is 26.6. The van der Waals surface area contributed by atoms with Crippen molar-refractivity contribution < 1.29 is 22.8 Å². The lowest BCUT2D eigenvalue weighted by atomic mass is 10.0. The number of hydrogen-bond donors (Lipinski definition) is 1. The zero-order valence-corrected chi connectivity index (χ0v) is 21.3. The van der Waals surface area contributed by atoms with Crippen LogP contribution in [0.2, 0.25) is 0 Å². The molecule has 0 spiro atoms. The number of nitrogens with one attached hydrogen (secondary N) is 1. The maximum atomic E-state index is 15.0. The lowest BCUT2D eigenvalue weighted by Gasteiger charge is -2.40. The first-order valence-electron chi connectivity index (χ1n) is 12.9. The average molecular weight is 518 g/mol. The van der Waals surface area contributed by atoms with Gasteiger partial charge in [-0.3, -0.25) is 19.5 Å². The summed E-state index contributed by atoms with van der Waals surface area (Å²) < 4.78 is 42.7. The van der Waals surface area contributed by atoms with Crippen LogP contribution in [0.4, 0.5) is 24.5 Å². The summed E-state index contributed by atoms with van der Waals surface area (Å²) in [6.45, 7) is 5.09. The summed E-state index contributed by atoms with van der Waals surface area (Å²) >= 11 is 0. The van der Waals surface area contributed by atoms with Crippen molar-refractivity contribution in [2.45, 2.75) is 45.1 Å². The number of carbonyl (C=O) groups excluding carboxylic acids is 2. The molecule has 0 aliphatic carbocycles. The van der Waals surface area contributed by atoms with Crippen LogP contribution < -0.4 is 10.2 Å². The van der Waals surface area contributed by atoms with Gasteiger partial charge >= 0.3 is 0 Å². The van der Waals surface area contributed by atoms with Gasteiger partial charge in [-0.2, -0.15) is 0 Å². The maximum absolute atomic E-state index is 15.0. The highest BCUT2D eigenvalue weighted by molar-refractivity contribution is 5.92. The minimum Gasteiger partial charge on any atom is -0.367 e. The molecule has 3 heterocycles. The molecule has 1 unspecified atom stereocenters. The van der Waals surface area contributed by atoms with Crippen LogP contribution in [0, 0.1) is 11.7 Å². The van der Waals surface area contributed by atoms with E-state index in [-0.39, 0.29) is 30.7 Å². The molecule has 200 valence electrons. The number of hydrogen-bond acceptors (Lipinski definition) is 5. The van der Waals surface area contributed by atoms with Gasteiger partial charge in [0.25, 0.3) is 5.92 Å². The Morgan fingerprint density at radius 1 is 1.05 bits per heavy atom. The predicted molar refractivity (Wildman–Crippen MR) is 136 cm³/mol. The first kappa shape index (κ1) is 26.9. The Balaban J connectivity index is 1.44. The molecular formula is C27H34F3N5O2. The smallest absolute Gasteiger partial charge is 0.267 e. The van der Waals surface area contributed by atoms with E-state index < -0.39 is 24.3 Å². The lowest BCUT2D eigenvalue weighted by molar-refractivity contribution is -0.138. The van der Waals surface area contributed by atoms with Crippen LogP contribution in [-0.2, 0) is 9.59 Å². The van der Waals surface area contributed by atoms with E-state index in [9.17, 15) is 18.4 Å². The van der Waals surface area contributed by atoms with Crippen molar-refractivity contribution in [1.82, 2.24) is 14.8 Å². The third kappa shape index (κ3) is 6.23. The van der Waals surface area contributed by atoms with E-state index in [1.807, 2.05) is 23.6 Å². The second-order valence-corrected chi connectivity index (χ2v) is 9.71. The zero-order valence-electron chi connectivity index (χ0n) is 21.3. The maximum Gasteiger partial charge on any atom is 0.267 e. The topological polar surface area (TPSA) is 68.8 Å². The van der Waals surface area contributed by atoms with E-state index in [1.165, 1.54) is 11.0 Å². The molecule has 2 fully saturated rings. The highest BCUT2D eigenvalue weighted by atomic mass is 19.3. The van der Waals surface area contributed by atoms with E-state index in [0.717, 1.165) is 12.8 Å². The number of piperazine rings is 1. The molecule has 2 saturated heterocycles. The van der Waals surface area contributed by atoms with Crippen LogP contribution >= 0.6 is 0 Å². The van der Waals surface area contributed by atoms with Crippen molar-refractivity contribution >= 4 is 23.2 Å². The summed E-state index contributed by atoms with van der Waals surface area (Å²) in [5.41, 5.74) is 1.35. The normalized spacial score (nSPS) is 18.8. The second kappa shape index (κ2) is 11.5. The lowest BCUT2D eigenvalue weighted by Crippen LogP contribution is -2.52. The van der Waals surface area contributed by atoms with Crippen molar-refractivity contribution in [2.75, 3.05) is 49.5 Å². The van der Waals surface area contributed by atoms with Crippen LogP contribution in [0.5, 0.6) is 0 Å². The first-order chi connectivity index (χ1) is 17.7. The van der Waals surface area contributed by atoms with Crippen molar-refractivity contribution in [3.63, 3.8) is 0 Å². The number of pyridine rings is 1. The van der Waals surface area contributed by atoms with Gasteiger partial charge in [0, 0.05) is 56.9 Å². The molecule has 0 saturated carbocycles. The summed E-state index contributed by atoms with van der Waals surface area (Å²) in [5, 5.41) is 2.79. The molecule has 0 radical (unpaired) electrons. The van der Waals surface area contributed by atoms with E-state index >= 15 is 4.39 Å². The Morgan fingerprint density at radius 2 is 1.78 bits per heavy atom. The minimum atomic E-state index is -2.87. The molecule has 1 aromatic heterocycles. The number of carbonyl (C=O) groups is 2. The van der Waals surface area contributed by atoms with Crippen LogP contribution in [0.25, 0.3) is 0 Å². The highest BCUT2D eigenvalue weighted by Gasteiger charge is 2.44. The number of rotatable bonds is 8. The third-order valence-corrected chi connectivity index (χ3v) is 7.27. The second-order valence-electron chi connectivity index (χ2n) is 9.71. The number of likely N-dealkylation sites (tertiary alicyclic amines) is 1. The van der Waals surface area contributed by atoms with Crippen LogP contribution in [0.1, 0.15) is 44.8 Å². The van der Waals surface area contributed by atoms with E-state index in [0.29, 0.717) is 43.2 Å². The fourth-order valence-electron chi connectivity index (χ4n) is 5.07. The van der Waals surface area contributed by atoms with Crippen LogP contribution in [0.3, 0.4) is 0 Å². The van der Waals surface area contributed by atoms with Crippen molar-refractivity contribution in [1.29, 1.82) is 0 Å². The molecule has 4 rings (SSSR count). The average Bonchev–Trinajstić information content (AvgIpc) is 3.26. The van der Waals surface area contributed by atoms with Gasteiger partial charge in [0.1, 0.15) is 11.9 Å². The Hall–Kier alpha value is -3.14. The first-order valence-corrected chi connectivity index (χ1v) is 12.9. The van der Waals surface area contributed by atoms with Gasteiger partial charge in [0.2, 0.25) is 11.8 Å². The molecule has 1 aromatic carbocycles. The van der Waals surface area contributed by atoms with E-state index in [4.69, 9.17) is 0 Å². The molecule has 1 N–H and O–H groups in total. The Morgan fingerprint density at radius 3 is 2.35 bits per heavy atom. The molecule has 2 aliphatic heterocycles. The summed E-state index contributed by atoms with van der Waals surface area (Å²) in [7, 11) is 0. The number of alkyl halides is 2. The fourth-order valence-corrected chi connectivity index (χ4v) is 5.07. The number of nitrogens with zero attached hydrogens (tertiary/aromatic N) is 4. The SMILES string of the molecule is CCC(CC)C(=O)Nc1ccc(N2CCN(C(C(=O)N3CCC(F)(F)C3)c3ccccn3)CC2)c(F)c1. The number of benzene rings is 1. The summed E-state index contributed by atoms with van der Waals surface area (Å²) in [6, 6.07) is 9.15. The molecule has 37 heavy (non-hydrogen) atoms. The fraction of sp³-hybridized carbons (Fsp3) is 0.519. The molecular weight excluding hydrogens is 483 g/mol. The standard InChI is InChI=1S/C27H34F3N5O2/c1-3-19(4-2)25(36)32-20-8-9-23(21(28)17-20)33-13-15-34(16-14-33)24(22-7-5-6-11-31-22)26(37)35-12-10-27(29,30)18-35/h5-9,11,17,19,24H,3-4,10,12-16,18H2,1-2H3,(H,32,36). The molecule has 2 aliphatic rings. The largest absolute Gasteiger partial charge is 0.367 e. The Kier molecular flexibility index (Phi) is 8.36. The number of amides is 2. The number of halogens is 3.